The summed E-state index contributed by atoms with van der Waals surface area (Å²) in [5.41, 5.74) is 6.52. The van der Waals surface area contributed by atoms with E-state index in [-0.39, 0.29) is 11.8 Å². The molecule has 0 spiro atoms. The van der Waals surface area contributed by atoms with Crippen molar-refractivity contribution in [3.63, 3.8) is 0 Å². The lowest BCUT2D eigenvalue weighted by atomic mass is 10.1. The minimum atomic E-state index is -0.0180. The van der Waals surface area contributed by atoms with Crippen molar-refractivity contribution < 1.29 is 5.11 Å². The molecule has 3 N–H and O–H groups in total. The van der Waals surface area contributed by atoms with Crippen LogP contribution in [0.3, 0.4) is 0 Å². The van der Waals surface area contributed by atoms with Crippen LogP contribution in [0.4, 0.5) is 0 Å². The van der Waals surface area contributed by atoms with Crippen LogP contribution in [-0.2, 0) is 0 Å². The van der Waals surface area contributed by atoms with Gasteiger partial charge < -0.3 is 10.8 Å². The number of nitrogens with two attached hydrogens (primary N) is 1. The molecule has 1 rings (SSSR count). The zero-order valence-electron chi connectivity index (χ0n) is 6.49. The number of aromatic nitrogens is 1. The molecule has 1 unspecified atom stereocenters. The quantitative estimate of drug-likeness (QED) is 0.669. The minimum Gasteiger partial charge on any atom is -0.506 e. The number of hydrogen-bond donors (Lipinski definition) is 2. The Morgan fingerprint density at radius 1 is 1.64 bits per heavy atom. The summed E-state index contributed by atoms with van der Waals surface area (Å²) < 4.78 is 0. The molecule has 0 aliphatic rings. The number of pyridine rings is 1. The topological polar surface area (TPSA) is 59.1 Å². The Bertz CT molecular complexity index is 220. The van der Waals surface area contributed by atoms with Gasteiger partial charge in [-0.25, -0.2) is 0 Å². The van der Waals surface area contributed by atoms with Crippen LogP contribution in [-0.4, -0.2) is 10.1 Å². The van der Waals surface area contributed by atoms with Crippen molar-refractivity contribution in [3.05, 3.63) is 24.0 Å². The summed E-state index contributed by atoms with van der Waals surface area (Å²) >= 11 is 0. The van der Waals surface area contributed by atoms with Gasteiger partial charge in [-0.1, -0.05) is 6.92 Å². The van der Waals surface area contributed by atoms with Crippen LogP contribution in [0.1, 0.15) is 25.1 Å². The highest BCUT2D eigenvalue weighted by atomic mass is 16.3. The minimum absolute atomic E-state index is 0.0180. The van der Waals surface area contributed by atoms with Gasteiger partial charge in [0.05, 0.1) is 11.9 Å². The van der Waals surface area contributed by atoms with Crippen LogP contribution in [0.25, 0.3) is 0 Å². The van der Waals surface area contributed by atoms with Gasteiger partial charge >= 0.3 is 0 Å². The van der Waals surface area contributed by atoms with Gasteiger partial charge in [0.2, 0.25) is 0 Å². The fourth-order valence-electron chi connectivity index (χ4n) is 0.826. The Balaban J connectivity index is 2.81. The van der Waals surface area contributed by atoms with E-state index >= 15 is 0 Å². The smallest absolute Gasteiger partial charge is 0.133 e. The molecule has 0 saturated heterocycles. The van der Waals surface area contributed by atoms with E-state index < -0.39 is 0 Å². The Morgan fingerprint density at radius 2 is 2.36 bits per heavy atom. The van der Waals surface area contributed by atoms with E-state index in [1.54, 1.807) is 12.1 Å². The normalized spacial score (nSPS) is 12.9. The first-order chi connectivity index (χ1) is 5.24. The molecule has 60 valence electrons. The van der Waals surface area contributed by atoms with Gasteiger partial charge in [0, 0.05) is 6.04 Å². The summed E-state index contributed by atoms with van der Waals surface area (Å²) in [6.07, 6.45) is 2.27. The van der Waals surface area contributed by atoms with E-state index in [0.717, 1.165) is 12.1 Å². The average Bonchev–Trinajstić information content (AvgIpc) is 2.05. The molecule has 0 amide bonds. The number of aromatic hydroxyl groups is 1. The highest BCUT2D eigenvalue weighted by molar-refractivity contribution is 5.19. The van der Waals surface area contributed by atoms with Gasteiger partial charge in [-0.2, -0.15) is 0 Å². The molecule has 3 nitrogen and oxygen atoms in total. The molecule has 0 aliphatic carbocycles. The maximum Gasteiger partial charge on any atom is 0.133 e. The largest absolute Gasteiger partial charge is 0.506 e. The summed E-state index contributed by atoms with van der Waals surface area (Å²) in [5, 5.41) is 8.91. The Hall–Kier alpha value is -1.09. The monoisotopic (exact) mass is 152 g/mol. The van der Waals surface area contributed by atoms with E-state index in [1.165, 1.54) is 6.20 Å². The summed E-state index contributed by atoms with van der Waals surface area (Å²) in [4.78, 5) is 3.97. The fraction of sp³-hybridized carbons (Fsp3) is 0.375. The van der Waals surface area contributed by atoms with E-state index in [0.29, 0.717) is 0 Å². The van der Waals surface area contributed by atoms with E-state index in [2.05, 4.69) is 4.98 Å². The van der Waals surface area contributed by atoms with Crippen LogP contribution >= 0.6 is 0 Å². The molecule has 3 heteroatoms. The van der Waals surface area contributed by atoms with Crippen LogP contribution < -0.4 is 5.73 Å². The first-order valence-electron chi connectivity index (χ1n) is 3.64. The summed E-state index contributed by atoms with van der Waals surface area (Å²) in [7, 11) is 0. The summed E-state index contributed by atoms with van der Waals surface area (Å²) in [5.74, 6) is 0.178. The average molecular weight is 152 g/mol. The fourth-order valence-corrected chi connectivity index (χ4v) is 0.826. The van der Waals surface area contributed by atoms with E-state index in [4.69, 9.17) is 10.8 Å². The van der Waals surface area contributed by atoms with Crippen molar-refractivity contribution in [2.75, 3.05) is 0 Å². The van der Waals surface area contributed by atoms with Crippen molar-refractivity contribution in [1.82, 2.24) is 4.98 Å². The third-order valence-electron chi connectivity index (χ3n) is 1.59. The lowest BCUT2D eigenvalue weighted by Gasteiger charge is -2.06. The second-order valence-corrected chi connectivity index (χ2v) is 2.46. The molecule has 0 saturated carbocycles. The summed E-state index contributed by atoms with van der Waals surface area (Å²) in [6.45, 7) is 2.00. The molecule has 11 heavy (non-hydrogen) atoms. The lowest BCUT2D eigenvalue weighted by Crippen LogP contribution is -2.09. The van der Waals surface area contributed by atoms with Crippen molar-refractivity contribution >= 4 is 0 Å². The summed E-state index contributed by atoms with van der Waals surface area (Å²) in [6, 6.07) is 3.32. The molecule has 0 bridgehead atoms. The second kappa shape index (κ2) is 3.34. The molecule has 0 fully saturated rings. The zero-order valence-corrected chi connectivity index (χ0v) is 6.49. The standard InChI is InChI=1S/C8H12N2O/c1-2-7(9)8-4-3-6(11)5-10-8/h3-5,7,11H,2,9H2,1H3. The Labute approximate surface area is 65.9 Å². The second-order valence-electron chi connectivity index (χ2n) is 2.46. The SMILES string of the molecule is CCC(N)c1ccc(O)cn1. The maximum atomic E-state index is 8.91. The molecule has 0 aliphatic heterocycles. The van der Waals surface area contributed by atoms with Crippen LogP contribution in [0.5, 0.6) is 5.75 Å². The molecule has 1 aromatic heterocycles. The van der Waals surface area contributed by atoms with Crippen molar-refractivity contribution in [2.45, 2.75) is 19.4 Å². The third-order valence-corrected chi connectivity index (χ3v) is 1.59. The van der Waals surface area contributed by atoms with Gasteiger partial charge in [0.25, 0.3) is 0 Å². The van der Waals surface area contributed by atoms with E-state index in [9.17, 15) is 0 Å². The first-order valence-corrected chi connectivity index (χ1v) is 3.64. The predicted molar refractivity (Wildman–Crippen MR) is 43.1 cm³/mol. The number of rotatable bonds is 2. The van der Waals surface area contributed by atoms with Crippen molar-refractivity contribution in [2.24, 2.45) is 5.73 Å². The van der Waals surface area contributed by atoms with Gasteiger partial charge in [-0.3, -0.25) is 4.98 Å². The van der Waals surface area contributed by atoms with Crippen LogP contribution in [0.15, 0.2) is 18.3 Å². The van der Waals surface area contributed by atoms with Crippen molar-refractivity contribution in [3.8, 4) is 5.75 Å². The van der Waals surface area contributed by atoms with Crippen LogP contribution in [0.2, 0.25) is 0 Å². The van der Waals surface area contributed by atoms with Gasteiger partial charge in [-0.05, 0) is 18.6 Å². The Morgan fingerprint density at radius 3 is 2.82 bits per heavy atom. The predicted octanol–water partition coefficient (Wildman–Crippen LogP) is 1.20. The molecule has 0 aromatic carbocycles. The highest BCUT2D eigenvalue weighted by Crippen LogP contribution is 2.13. The van der Waals surface area contributed by atoms with E-state index in [1.807, 2.05) is 6.92 Å². The van der Waals surface area contributed by atoms with Gasteiger partial charge in [0.1, 0.15) is 5.75 Å². The molecular weight excluding hydrogens is 140 g/mol. The molecule has 0 radical (unpaired) electrons. The molecule has 1 heterocycles. The van der Waals surface area contributed by atoms with Crippen LogP contribution in [0, 0.1) is 0 Å². The third kappa shape index (κ3) is 1.91. The van der Waals surface area contributed by atoms with Gasteiger partial charge in [0.15, 0.2) is 0 Å². The van der Waals surface area contributed by atoms with Crippen molar-refractivity contribution in [1.29, 1.82) is 0 Å². The Kier molecular flexibility index (Phi) is 2.44. The number of hydrogen-bond acceptors (Lipinski definition) is 3. The lowest BCUT2D eigenvalue weighted by molar-refractivity contribution is 0.471. The maximum absolute atomic E-state index is 8.91. The molecule has 1 atom stereocenters. The molecule has 1 aromatic rings. The first kappa shape index (κ1) is 8.01. The van der Waals surface area contributed by atoms with Gasteiger partial charge in [-0.15, -0.1) is 0 Å². The molecular formula is C8H12N2O. The highest BCUT2D eigenvalue weighted by Gasteiger charge is 2.02. The number of nitrogens with zero attached hydrogens (tertiary/aromatic N) is 1. The zero-order chi connectivity index (χ0) is 8.27.